The molecule has 1 heterocycles. The number of anilines is 1. The molecule has 0 aliphatic carbocycles. The standard InChI is InChI=1S/C14H19N3OS/c1-3-16(4-2)11-15-14-17(13(18)10-19-14)12-8-6-5-7-9-12/h5-9H,3-4,10-11H2,1-2H3. The van der Waals surface area contributed by atoms with Gasteiger partial charge in [-0.2, -0.15) is 0 Å². The summed E-state index contributed by atoms with van der Waals surface area (Å²) in [5.41, 5.74) is 0.899. The second-order valence-corrected chi connectivity index (χ2v) is 5.18. The third kappa shape index (κ3) is 3.36. The molecule has 1 aromatic rings. The molecule has 5 heteroatoms. The van der Waals surface area contributed by atoms with Gasteiger partial charge in [-0.25, -0.2) is 4.99 Å². The Kier molecular flexibility index (Phi) is 4.99. The predicted molar refractivity (Wildman–Crippen MR) is 81.6 cm³/mol. The van der Waals surface area contributed by atoms with Crippen LogP contribution in [-0.4, -0.2) is 41.5 Å². The smallest absolute Gasteiger partial charge is 0.243 e. The molecule has 0 aromatic heterocycles. The fourth-order valence-electron chi connectivity index (χ4n) is 1.89. The average molecular weight is 277 g/mol. The van der Waals surface area contributed by atoms with Crippen molar-refractivity contribution in [3.8, 4) is 0 Å². The summed E-state index contributed by atoms with van der Waals surface area (Å²) < 4.78 is 0. The number of nitrogens with zero attached hydrogens (tertiary/aromatic N) is 3. The number of thioether (sulfide) groups is 1. The van der Waals surface area contributed by atoms with Gasteiger partial charge in [0.25, 0.3) is 0 Å². The Hall–Kier alpha value is -1.33. The number of aliphatic imine (C=N–C) groups is 1. The summed E-state index contributed by atoms with van der Waals surface area (Å²) in [5.74, 6) is 0.584. The van der Waals surface area contributed by atoms with E-state index in [0.29, 0.717) is 12.4 Å². The summed E-state index contributed by atoms with van der Waals surface area (Å²) in [6.45, 7) is 6.82. The molecule has 0 spiro atoms. The van der Waals surface area contributed by atoms with Gasteiger partial charge in [-0.1, -0.05) is 43.8 Å². The maximum Gasteiger partial charge on any atom is 0.243 e. The number of amides is 1. The highest BCUT2D eigenvalue weighted by atomic mass is 32.2. The van der Waals surface area contributed by atoms with E-state index >= 15 is 0 Å². The summed E-state index contributed by atoms with van der Waals surface area (Å²) in [4.78, 5) is 20.5. The Bertz CT molecular complexity index is 457. The van der Waals surface area contributed by atoms with E-state index in [4.69, 9.17) is 0 Å². The highest BCUT2D eigenvalue weighted by molar-refractivity contribution is 8.15. The molecule has 19 heavy (non-hydrogen) atoms. The van der Waals surface area contributed by atoms with E-state index in [9.17, 15) is 4.79 Å². The van der Waals surface area contributed by atoms with E-state index in [2.05, 4.69) is 23.7 Å². The molecule has 1 saturated heterocycles. The van der Waals surface area contributed by atoms with Crippen LogP contribution < -0.4 is 4.90 Å². The molecule has 0 atom stereocenters. The van der Waals surface area contributed by atoms with Crippen molar-refractivity contribution in [1.82, 2.24) is 4.90 Å². The molecule has 102 valence electrons. The topological polar surface area (TPSA) is 35.9 Å². The molecule has 1 amide bonds. The Morgan fingerprint density at radius 3 is 2.58 bits per heavy atom. The van der Waals surface area contributed by atoms with Crippen molar-refractivity contribution in [3.05, 3.63) is 30.3 Å². The number of hydrogen-bond acceptors (Lipinski definition) is 4. The second-order valence-electron chi connectivity index (χ2n) is 4.24. The van der Waals surface area contributed by atoms with Gasteiger partial charge < -0.3 is 0 Å². The van der Waals surface area contributed by atoms with Gasteiger partial charge in [0.15, 0.2) is 5.17 Å². The van der Waals surface area contributed by atoms with Gasteiger partial charge in [0.1, 0.15) is 0 Å². The maximum absolute atomic E-state index is 12.0. The molecule has 0 N–H and O–H groups in total. The van der Waals surface area contributed by atoms with Crippen molar-refractivity contribution < 1.29 is 4.79 Å². The lowest BCUT2D eigenvalue weighted by molar-refractivity contribution is -0.115. The monoisotopic (exact) mass is 277 g/mol. The quantitative estimate of drug-likeness (QED) is 0.829. The normalized spacial score (nSPS) is 17.7. The van der Waals surface area contributed by atoms with Gasteiger partial charge in [0.2, 0.25) is 5.91 Å². The van der Waals surface area contributed by atoms with Crippen LogP contribution in [0.2, 0.25) is 0 Å². The molecule has 0 radical (unpaired) electrons. The zero-order chi connectivity index (χ0) is 13.7. The highest BCUT2D eigenvalue weighted by Crippen LogP contribution is 2.26. The third-order valence-corrected chi connectivity index (χ3v) is 4.04. The van der Waals surface area contributed by atoms with E-state index < -0.39 is 0 Å². The first-order valence-electron chi connectivity index (χ1n) is 6.53. The molecule has 0 bridgehead atoms. The fraction of sp³-hybridized carbons (Fsp3) is 0.429. The van der Waals surface area contributed by atoms with Gasteiger partial charge >= 0.3 is 0 Å². The lowest BCUT2D eigenvalue weighted by Gasteiger charge is -2.19. The number of rotatable bonds is 5. The molecular weight excluding hydrogens is 258 g/mol. The molecule has 0 saturated carbocycles. The van der Waals surface area contributed by atoms with E-state index in [1.165, 1.54) is 11.8 Å². The minimum absolute atomic E-state index is 0.106. The summed E-state index contributed by atoms with van der Waals surface area (Å²) in [5, 5.41) is 0.808. The fourth-order valence-corrected chi connectivity index (χ4v) is 2.76. The van der Waals surface area contributed by atoms with Gasteiger partial charge in [-0.05, 0) is 25.2 Å². The lowest BCUT2D eigenvalue weighted by atomic mass is 10.3. The highest BCUT2D eigenvalue weighted by Gasteiger charge is 2.29. The minimum atomic E-state index is 0.106. The van der Waals surface area contributed by atoms with Crippen LogP contribution in [0.15, 0.2) is 35.3 Å². The Balaban J connectivity index is 2.16. The molecule has 1 aliphatic heterocycles. The predicted octanol–water partition coefficient (Wildman–Crippen LogP) is 2.42. The van der Waals surface area contributed by atoms with Crippen LogP contribution in [0.4, 0.5) is 5.69 Å². The number of carbonyl (C=O) groups excluding carboxylic acids is 1. The van der Waals surface area contributed by atoms with E-state index in [0.717, 1.165) is 23.9 Å². The van der Waals surface area contributed by atoms with Crippen molar-refractivity contribution in [1.29, 1.82) is 0 Å². The molecule has 1 fully saturated rings. The largest absolute Gasteiger partial charge is 0.285 e. The van der Waals surface area contributed by atoms with E-state index in [1.54, 1.807) is 4.90 Å². The van der Waals surface area contributed by atoms with E-state index in [1.807, 2.05) is 30.3 Å². The van der Waals surface area contributed by atoms with Gasteiger partial charge in [0, 0.05) is 0 Å². The van der Waals surface area contributed by atoms with Crippen LogP contribution >= 0.6 is 11.8 Å². The molecule has 2 rings (SSSR count). The van der Waals surface area contributed by atoms with Gasteiger partial charge in [-0.15, -0.1) is 0 Å². The van der Waals surface area contributed by atoms with Crippen LogP contribution in [0.5, 0.6) is 0 Å². The van der Waals surface area contributed by atoms with Crippen molar-refractivity contribution in [2.45, 2.75) is 13.8 Å². The number of para-hydroxylation sites is 1. The second kappa shape index (κ2) is 6.73. The Morgan fingerprint density at radius 2 is 1.95 bits per heavy atom. The average Bonchev–Trinajstić information content (AvgIpc) is 2.82. The molecule has 4 nitrogen and oxygen atoms in total. The first-order chi connectivity index (χ1) is 9.26. The number of amidine groups is 1. The third-order valence-electron chi connectivity index (χ3n) is 3.08. The maximum atomic E-state index is 12.0. The molecular formula is C14H19N3OS. The lowest BCUT2D eigenvalue weighted by Crippen LogP contribution is -2.31. The van der Waals surface area contributed by atoms with Crippen LogP contribution in [0.25, 0.3) is 0 Å². The zero-order valence-electron chi connectivity index (χ0n) is 11.4. The summed E-state index contributed by atoms with van der Waals surface area (Å²) in [7, 11) is 0. The summed E-state index contributed by atoms with van der Waals surface area (Å²) in [6.07, 6.45) is 0. The Morgan fingerprint density at radius 1 is 1.26 bits per heavy atom. The van der Waals surface area contributed by atoms with Gasteiger partial charge in [0.05, 0.1) is 18.1 Å². The first kappa shape index (κ1) is 14.1. The van der Waals surface area contributed by atoms with Crippen LogP contribution in [0.1, 0.15) is 13.8 Å². The molecule has 1 aromatic carbocycles. The molecule has 1 aliphatic rings. The summed E-state index contributed by atoms with van der Waals surface area (Å²) in [6, 6.07) is 9.71. The molecule has 0 unspecified atom stereocenters. The zero-order valence-corrected chi connectivity index (χ0v) is 12.2. The van der Waals surface area contributed by atoms with Crippen molar-refractivity contribution in [2.24, 2.45) is 4.99 Å². The SMILES string of the molecule is CCN(CC)CN=C1SCC(=O)N1c1ccccc1. The van der Waals surface area contributed by atoms with Crippen molar-refractivity contribution in [3.63, 3.8) is 0 Å². The van der Waals surface area contributed by atoms with Crippen LogP contribution in [0.3, 0.4) is 0 Å². The number of hydrogen-bond donors (Lipinski definition) is 0. The Labute approximate surface area is 118 Å². The minimum Gasteiger partial charge on any atom is -0.285 e. The summed E-state index contributed by atoms with van der Waals surface area (Å²) >= 11 is 1.52. The van der Waals surface area contributed by atoms with E-state index in [-0.39, 0.29) is 5.91 Å². The number of benzene rings is 1. The number of carbonyl (C=O) groups is 1. The van der Waals surface area contributed by atoms with Crippen LogP contribution in [0, 0.1) is 0 Å². The van der Waals surface area contributed by atoms with Gasteiger partial charge in [-0.3, -0.25) is 14.6 Å². The van der Waals surface area contributed by atoms with Crippen molar-refractivity contribution >= 4 is 28.5 Å². The van der Waals surface area contributed by atoms with Crippen LogP contribution in [-0.2, 0) is 4.79 Å². The first-order valence-corrected chi connectivity index (χ1v) is 7.52. The van der Waals surface area contributed by atoms with Crippen molar-refractivity contribution in [2.75, 3.05) is 30.4 Å².